The minimum Gasteiger partial charge on any atom is -0.493 e. The molecule has 6 heteroatoms. The van der Waals surface area contributed by atoms with Crippen molar-refractivity contribution in [2.45, 2.75) is 25.7 Å². The lowest BCUT2D eigenvalue weighted by Crippen LogP contribution is -2.34. The topological polar surface area (TPSA) is 88.0 Å². The number of rotatable bonds is 8. The Labute approximate surface area is 147 Å². The quantitative estimate of drug-likeness (QED) is 0.679. The van der Waals surface area contributed by atoms with Gasteiger partial charge < -0.3 is 25.0 Å². The Kier molecular flexibility index (Phi) is 6.80. The number of methoxy groups -OCH3 is 1. The van der Waals surface area contributed by atoms with Gasteiger partial charge in [-0.25, -0.2) is 0 Å². The lowest BCUT2D eigenvalue weighted by atomic mass is 10.0. The van der Waals surface area contributed by atoms with Crippen molar-refractivity contribution in [3.8, 4) is 11.5 Å². The van der Waals surface area contributed by atoms with Gasteiger partial charge >= 0.3 is 0 Å². The van der Waals surface area contributed by atoms with E-state index in [1.165, 1.54) is 14.0 Å². The van der Waals surface area contributed by atoms with E-state index in [9.17, 15) is 15.0 Å². The van der Waals surface area contributed by atoms with Crippen LogP contribution in [-0.2, 0) is 11.4 Å². The van der Waals surface area contributed by atoms with Crippen LogP contribution in [0.2, 0.25) is 0 Å². The van der Waals surface area contributed by atoms with Crippen molar-refractivity contribution in [1.82, 2.24) is 5.32 Å². The lowest BCUT2D eigenvalue weighted by molar-refractivity contribution is -0.119. The normalized spacial score (nSPS) is 13.0. The molecule has 2 rings (SSSR count). The summed E-state index contributed by atoms with van der Waals surface area (Å²) in [4.78, 5) is 10.9. The number of amides is 1. The molecule has 2 aromatic rings. The van der Waals surface area contributed by atoms with E-state index in [4.69, 9.17) is 9.47 Å². The highest BCUT2D eigenvalue weighted by molar-refractivity contribution is 5.72. The number of carbonyl (C=O) groups is 1. The molecule has 0 aliphatic carbocycles. The van der Waals surface area contributed by atoms with Gasteiger partial charge in [0.15, 0.2) is 11.5 Å². The fourth-order valence-corrected chi connectivity index (χ4v) is 2.30. The van der Waals surface area contributed by atoms with Crippen molar-refractivity contribution in [3.05, 3.63) is 59.7 Å². The molecule has 134 valence electrons. The van der Waals surface area contributed by atoms with Gasteiger partial charge in [0.05, 0.1) is 7.11 Å². The third-order valence-electron chi connectivity index (χ3n) is 3.69. The number of nitrogens with one attached hydrogen (secondary N) is 1. The molecular weight excluding hydrogens is 322 g/mol. The first-order chi connectivity index (χ1) is 12.0. The summed E-state index contributed by atoms with van der Waals surface area (Å²) >= 11 is 0. The molecule has 2 unspecified atom stereocenters. The molecule has 3 N–H and O–H groups in total. The first-order valence-electron chi connectivity index (χ1n) is 7.96. The van der Waals surface area contributed by atoms with Gasteiger partial charge in [-0.2, -0.15) is 0 Å². The standard InChI is InChI=1S/C19H23NO5/c1-13(21)20-11-16(22)19(23)15-8-9-17(18(10-15)24-2)25-12-14-6-4-3-5-7-14/h3-10,16,19,22-23H,11-12H2,1-2H3,(H,20,21). The maximum atomic E-state index is 10.9. The molecule has 0 saturated heterocycles. The van der Waals surface area contributed by atoms with Gasteiger partial charge in [0.2, 0.25) is 5.91 Å². The highest BCUT2D eigenvalue weighted by atomic mass is 16.5. The predicted molar refractivity (Wildman–Crippen MR) is 93.4 cm³/mol. The van der Waals surface area contributed by atoms with Crippen molar-refractivity contribution in [2.75, 3.05) is 13.7 Å². The Morgan fingerprint density at radius 1 is 1.12 bits per heavy atom. The zero-order valence-electron chi connectivity index (χ0n) is 14.3. The highest BCUT2D eigenvalue weighted by Gasteiger charge is 2.20. The monoisotopic (exact) mass is 345 g/mol. The first kappa shape index (κ1) is 18.8. The van der Waals surface area contributed by atoms with Crippen LogP contribution in [0.5, 0.6) is 11.5 Å². The van der Waals surface area contributed by atoms with Crippen molar-refractivity contribution in [3.63, 3.8) is 0 Å². The largest absolute Gasteiger partial charge is 0.493 e. The van der Waals surface area contributed by atoms with Crippen LogP contribution in [0.15, 0.2) is 48.5 Å². The fraction of sp³-hybridized carbons (Fsp3) is 0.316. The molecule has 0 aliphatic rings. The predicted octanol–water partition coefficient (Wildman–Crippen LogP) is 1.80. The minimum absolute atomic E-state index is 0.0366. The SMILES string of the molecule is COc1cc(C(O)C(O)CNC(C)=O)ccc1OCc1ccccc1. The van der Waals surface area contributed by atoms with Crippen LogP contribution in [-0.4, -0.2) is 35.9 Å². The van der Waals surface area contributed by atoms with Gasteiger partial charge in [-0.3, -0.25) is 4.79 Å². The number of carbonyl (C=O) groups excluding carboxylic acids is 1. The summed E-state index contributed by atoms with van der Waals surface area (Å²) in [5, 5.41) is 22.7. The van der Waals surface area contributed by atoms with Crippen LogP contribution in [0, 0.1) is 0 Å². The summed E-state index contributed by atoms with van der Waals surface area (Å²) < 4.78 is 11.1. The van der Waals surface area contributed by atoms with Crippen molar-refractivity contribution >= 4 is 5.91 Å². The van der Waals surface area contributed by atoms with Crippen LogP contribution in [0.1, 0.15) is 24.2 Å². The van der Waals surface area contributed by atoms with Gasteiger partial charge in [-0.05, 0) is 23.3 Å². The Morgan fingerprint density at radius 3 is 2.48 bits per heavy atom. The molecule has 0 heterocycles. The molecule has 1 amide bonds. The van der Waals surface area contributed by atoms with Crippen LogP contribution in [0.4, 0.5) is 0 Å². The summed E-state index contributed by atoms with van der Waals surface area (Å²) in [6.07, 6.45) is -2.27. The van der Waals surface area contributed by atoms with E-state index in [0.29, 0.717) is 23.7 Å². The summed E-state index contributed by atoms with van der Waals surface area (Å²) in [5.74, 6) is 0.728. The molecule has 25 heavy (non-hydrogen) atoms. The smallest absolute Gasteiger partial charge is 0.216 e. The number of aliphatic hydroxyl groups excluding tert-OH is 2. The molecule has 6 nitrogen and oxygen atoms in total. The number of ether oxygens (including phenoxy) is 2. The molecule has 2 atom stereocenters. The molecule has 0 radical (unpaired) electrons. The van der Waals surface area contributed by atoms with E-state index < -0.39 is 12.2 Å². The van der Waals surface area contributed by atoms with Crippen LogP contribution in [0.25, 0.3) is 0 Å². The Balaban J connectivity index is 2.06. The average molecular weight is 345 g/mol. The third-order valence-corrected chi connectivity index (χ3v) is 3.69. The molecule has 2 aromatic carbocycles. The number of hydrogen-bond acceptors (Lipinski definition) is 5. The van der Waals surface area contributed by atoms with Crippen molar-refractivity contribution in [2.24, 2.45) is 0 Å². The van der Waals surface area contributed by atoms with Crippen LogP contribution < -0.4 is 14.8 Å². The van der Waals surface area contributed by atoms with E-state index in [-0.39, 0.29) is 12.5 Å². The van der Waals surface area contributed by atoms with E-state index in [2.05, 4.69) is 5.32 Å². The molecule has 0 spiro atoms. The second-order valence-corrected chi connectivity index (χ2v) is 5.63. The fourth-order valence-electron chi connectivity index (χ4n) is 2.30. The maximum absolute atomic E-state index is 10.9. The average Bonchev–Trinajstić information content (AvgIpc) is 2.64. The summed E-state index contributed by atoms with van der Waals surface area (Å²) in [5.41, 5.74) is 1.50. The number of hydrogen-bond donors (Lipinski definition) is 3. The lowest BCUT2D eigenvalue weighted by Gasteiger charge is -2.20. The van der Waals surface area contributed by atoms with Gasteiger partial charge in [0, 0.05) is 13.5 Å². The third kappa shape index (κ3) is 5.48. The molecule has 0 bridgehead atoms. The summed E-state index contributed by atoms with van der Waals surface area (Å²) in [7, 11) is 1.51. The summed E-state index contributed by atoms with van der Waals surface area (Å²) in [6.45, 7) is 1.70. The van der Waals surface area contributed by atoms with Gasteiger partial charge in [0.25, 0.3) is 0 Å². The molecular formula is C19H23NO5. The minimum atomic E-state index is -1.15. The van der Waals surface area contributed by atoms with Crippen LogP contribution in [0.3, 0.4) is 0 Å². The molecule has 0 aromatic heterocycles. The zero-order valence-corrected chi connectivity index (χ0v) is 14.3. The zero-order chi connectivity index (χ0) is 18.2. The Morgan fingerprint density at radius 2 is 1.84 bits per heavy atom. The maximum Gasteiger partial charge on any atom is 0.216 e. The van der Waals surface area contributed by atoms with Crippen molar-refractivity contribution < 1.29 is 24.5 Å². The van der Waals surface area contributed by atoms with Gasteiger partial charge in [0.1, 0.15) is 18.8 Å². The Bertz CT molecular complexity index is 689. The molecule has 0 aliphatic heterocycles. The second kappa shape index (κ2) is 9.05. The van der Waals surface area contributed by atoms with Crippen molar-refractivity contribution in [1.29, 1.82) is 0 Å². The van der Waals surface area contributed by atoms with E-state index in [0.717, 1.165) is 5.56 Å². The van der Waals surface area contributed by atoms with Gasteiger partial charge in [-0.15, -0.1) is 0 Å². The van der Waals surface area contributed by atoms with E-state index in [1.807, 2.05) is 30.3 Å². The highest BCUT2D eigenvalue weighted by Crippen LogP contribution is 2.31. The van der Waals surface area contributed by atoms with Gasteiger partial charge in [-0.1, -0.05) is 36.4 Å². The van der Waals surface area contributed by atoms with E-state index >= 15 is 0 Å². The second-order valence-electron chi connectivity index (χ2n) is 5.63. The number of benzene rings is 2. The Hall–Kier alpha value is -2.57. The molecule has 0 saturated carbocycles. The first-order valence-corrected chi connectivity index (χ1v) is 7.96. The molecule has 0 fully saturated rings. The number of aliphatic hydroxyl groups is 2. The summed E-state index contributed by atoms with van der Waals surface area (Å²) in [6, 6.07) is 14.7. The van der Waals surface area contributed by atoms with E-state index in [1.54, 1.807) is 18.2 Å². The van der Waals surface area contributed by atoms with Crippen LogP contribution >= 0.6 is 0 Å².